The van der Waals surface area contributed by atoms with Crippen molar-refractivity contribution in [2.24, 2.45) is 11.8 Å². The topological polar surface area (TPSA) is 72.8 Å². The first-order chi connectivity index (χ1) is 10.6. The van der Waals surface area contributed by atoms with Crippen molar-refractivity contribution in [1.29, 1.82) is 0 Å². The Hall–Kier alpha value is -2.30. The number of aliphatic carboxylic acids is 1. The first-order valence-corrected chi connectivity index (χ1v) is 7.48. The van der Waals surface area contributed by atoms with Crippen molar-refractivity contribution in [2.75, 3.05) is 0 Å². The Labute approximate surface area is 128 Å². The Morgan fingerprint density at radius 3 is 2.55 bits per heavy atom. The Bertz CT molecular complexity index is 588. The average molecular weight is 302 g/mol. The predicted molar refractivity (Wildman–Crippen MR) is 77.7 cm³/mol. The molecule has 0 aromatic heterocycles. The van der Waals surface area contributed by atoms with Crippen molar-refractivity contribution < 1.29 is 24.2 Å². The van der Waals surface area contributed by atoms with Crippen LogP contribution >= 0.6 is 0 Å². The molecule has 1 aromatic rings. The second kappa shape index (κ2) is 6.22. The van der Waals surface area contributed by atoms with Gasteiger partial charge in [0.1, 0.15) is 12.0 Å². The van der Waals surface area contributed by atoms with Crippen LogP contribution in [0.25, 0.3) is 0 Å². The fraction of sp³-hybridized carbons (Fsp3) is 0.412. The van der Waals surface area contributed by atoms with Crippen LogP contribution in [0.2, 0.25) is 0 Å². The van der Waals surface area contributed by atoms with E-state index in [-0.39, 0.29) is 5.92 Å². The van der Waals surface area contributed by atoms with E-state index in [4.69, 9.17) is 14.6 Å². The minimum Gasteiger partial charge on any atom is -0.475 e. The van der Waals surface area contributed by atoms with Gasteiger partial charge in [0.05, 0.1) is 5.92 Å². The number of carbonyl (C=O) groups is 2. The number of ether oxygens (including phenoxy) is 2. The average Bonchev–Trinajstić information content (AvgIpc) is 2.91. The minimum absolute atomic E-state index is 0.0499. The van der Waals surface area contributed by atoms with Gasteiger partial charge in [-0.3, -0.25) is 4.79 Å². The van der Waals surface area contributed by atoms with Gasteiger partial charge in [-0.05, 0) is 24.3 Å². The lowest BCUT2D eigenvalue weighted by molar-refractivity contribution is -0.152. The van der Waals surface area contributed by atoms with Crippen LogP contribution in [0.5, 0.6) is 0 Å². The lowest BCUT2D eigenvalue weighted by atomic mass is 9.73. The monoisotopic (exact) mass is 302 g/mol. The molecule has 1 N–H and O–H groups in total. The highest BCUT2D eigenvalue weighted by Gasteiger charge is 2.42. The summed E-state index contributed by atoms with van der Waals surface area (Å²) in [7, 11) is 0. The van der Waals surface area contributed by atoms with E-state index in [1.54, 1.807) is 0 Å². The molecule has 2 aliphatic rings. The van der Waals surface area contributed by atoms with Gasteiger partial charge in [-0.2, -0.15) is 0 Å². The van der Waals surface area contributed by atoms with Gasteiger partial charge in [-0.1, -0.05) is 36.8 Å². The number of benzene rings is 1. The highest BCUT2D eigenvalue weighted by atomic mass is 16.7. The Morgan fingerprint density at radius 2 is 1.95 bits per heavy atom. The first kappa shape index (κ1) is 14.6. The molecule has 1 fully saturated rings. The summed E-state index contributed by atoms with van der Waals surface area (Å²) in [5.74, 6) is -2.52. The largest absolute Gasteiger partial charge is 0.475 e. The Kier molecular flexibility index (Phi) is 4.13. The molecule has 5 nitrogen and oxygen atoms in total. The van der Waals surface area contributed by atoms with E-state index in [1.807, 2.05) is 30.3 Å². The molecule has 1 saturated carbocycles. The van der Waals surface area contributed by atoms with Gasteiger partial charge >= 0.3 is 5.97 Å². The van der Waals surface area contributed by atoms with Gasteiger partial charge in [-0.15, -0.1) is 0 Å². The van der Waals surface area contributed by atoms with Gasteiger partial charge in [0.2, 0.25) is 6.29 Å². The number of ketones is 1. The summed E-state index contributed by atoms with van der Waals surface area (Å²) < 4.78 is 11.2. The minimum atomic E-state index is -1.41. The van der Waals surface area contributed by atoms with E-state index in [0.29, 0.717) is 12.2 Å². The third-order valence-electron chi connectivity index (χ3n) is 4.27. The van der Waals surface area contributed by atoms with E-state index in [1.165, 1.54) is 6.26 Å². The number of hydrogen-bond acceptors (Lipinski definition) is 4. The normalized spacial score (nSPS) is 22.0. The number of carbonyl (C=O) groups excluding carboxylic acids is 1. The summed E-state index contributed by atoms with van der Waals surface area (Å²) >= 11 is 0. The number of rotatable bonds is 6. The third kappa shape index (κ3) is 2.98. The van der Waals surface area contributed by atoms with Crippen LogP contribution in [0.1, 0.15) is 24.8 Å². The second-order valence-electron chi connectivity index (χ2n) is 5.73. The zero-order chi connectivity index (χ0) is 15.5. The molecule has 0 amide bonds. The van der Waals surface area contributed by atoms with Crippen molar-refractivity contribution in [3.63, 3.8) is 0 Å². The molecule has 2 atom stereocenters. The number of carboxylic acids is 1. The molecule has 0 spiro atoms. The van der Waals surface area contributed by atoms with Crippen LogP contribution in [0, 0.1) is 11.8 Å². The van der Waals surface area contributed by atoms with Crippen molar-refractivity contribution >= 4 is 11.8 Å². The van der Waals surface area contributed by atoms with Crippen LogP contribution in [0.4, 0.5) is 0 Å². The van der Waals surface area contributed by atoms with E-state index < -0.39 is 24.0 Å². The summed E-state index contributed by atoms with van der Waals surface area (Å²) in [5.41, 5.74) is 1.06. The smallest absolute Gasteiger partial charge is 0.372 e. The predicted octanol–water partition coefficient (Wildman–Crippen LogP) is 2.51. The number of carboxylic acid groups (broad SMARTS) is 1. The Balaban J connectivity index is 1.66. The molecule has 1 aliphatic heterocycles. The number of allylic oxidation sites excluding steroid dienone is 1. The summed E-state index contributed by atoms with van der Waals surface area (Å²) in [6.07, 6.45) is 4.20. The number of Topliss-reactive ketones (excluding diaryl/α,β-unsaturated/α-hetero) is 1. The quantitative estimate of drug-likeness (QED) is 0.817. The number of hydrogen-bond donors (Lipinski definition) is 1. The summed E-state index contributed by atoms with van der Waals surface area (Å²) in [6, 6.07) is 9.74. The van der Waals surface area contributed by atoms with Crippen molar-refractivity contribution in [3.8, 4) is 0 Å². The fourth-order valence-corrected chi connectivity index (χ4v) is 2.87. The van der Waals surface area contributed by atoms with E-state index in [2.05, 4.69) is 0 Å². The maximum atomic E-state index is 12.0. The molecular weight excluding hydrogens is 284 g/mol. The van der Waals surface area contributed by atoms with E-state index >= 15 is 0 Å². The molecule has 22 heavy (non-hydrogen) atoms. The second-order valence-corrected chi connectivity index (χ2v) is 5.73. The molecule has 1 aliphatic carbocycles. The van der Waals surface area contributed by atoms with Crippen LogP contribution in [0.15, 0.2) is 42.4 Å². The van der Waals surface area contributed by atoms with Crippen molar-refractivity contribution in [3.05, 3.63) is 47.9 Å². The lowest BCUT2D eigenvalue weighted by Gasteiger charge is -2.31. The van der Waals surface area contributed by atoms with Crippen LogP contribution < -0.4 is 0 Å². The molecule has 1 aromatic carbocycles. The highest BCUT2D eigenvalue weighted by Crippen LogP contribution is 2.40. The van der Waals surface area contributed by atoms with E-state index in [0.717, 1.165) is 24.8 Å². The molecular formula is C17H18O5. The summed E-state index contributed by atoms with van der Waals surface area (Å²) in [5, 5.41) is 9.01. The van der Waals surface area contributed by atoms with Crippen molar-refractivity contribution in [2.45, 2.75) is 32.0 Å². The molecule has 2 unspecified atom stereocenters. The Morgan fingerprint density at radius 1 is 1.23 bits per heavy atom. The van der Waals surface area contributed by atoms with Crippen LogP contribution in [0.3, 0.4) is 0 Å². The summed E-state index contributed by atoms with van der Waals surface area (Å²) in [4.78, 5) is 23.0. The molecule has 0 bridgehead atoms. The zero-order valence-electron chi connectivity index (χ0n) is 12.1. The fourth-order valence-electron chi connectivity index (χ4n) is 2.87. The molecule has 3 rings (SSSR count). The zero-order valence-corrected chi connectivity index (χ0v) is 12.1. The maximum absolute atomic E-state index is 12.0. The molecule has 116 valence electrons. The van der Waals surface area contributed by atoms with Gasteiger partial charge in [-0.25, -0.2) is 4.79 Å². The molecule has 0 saturated heterocycles. The summed E-state index contributed by atoms with van der Waals surface area (Å²) in [6.45, 7) is 0. The molecule has 1 heterocycles. The molecule has 0 radical (unpaired) electrons. The van der Waals surface area contributed by atoms with Crippen LogP contribution in [-0.4, -0.2) is 23.1 Å². The molecule has 5 heteroatoms. The first-order valence-electron chi connectivity index (χ1n) is 7.48. The SMILES string of the molecule is O=C(O)C(=O)C(C1=COC(Cc2ccccc2)O1)C1CCC1. The maximum Gasteiger partial charge on any atom is 0.372 e. The van der Waals surface area contributed by atoms with Gasteiger partial charge in [0.25, 0.3) is 5.78 Å². The highest BCUT2D eigenvalue weighted by molar-refractivity contribution is 6.34. The van der Waals surface area contributed by atoms with Gasteiger partial charge in [0.15, 0.2) is 0 Å². The lowest BCUT2D eigenvalue weighted by Crippen LogP contribution is -2.35. The van der Waals surface area contributed by atoms with Crippen molar-refractivity contribution in [1.82, 2.24) is 0 Å². The van der Waals surface area contributed by atoms with Gasteiger partial charge in [0, 0.05) is 6.42 Å². The van der Waals surface area contributed by atoms with E-state index in [9.17, 15) is 9.59 Å². The van der Waals surface area contributed by atoms with Gasteiger partial charge < -0.3 is 14.6 Å². The standard InChI is InChI=1S/C17H18O5/c18-16(17(19)20)15(12-7-4-8-12)13-10-21-14(22-13)9-11-5-2-1-3-6-11/h1-3,5-6,10,12,14-15H,4,7-9H2,(H,19,20). The third-order valence-corrected chi connectivity index (χ3v) is 4.27. The van der Waals surface area contributed by atoms with Crippen LogP contribution in [-0.2, 0) is 25.5 Å².